The smallest absolute Gasteiger partial charge is 0.310 e. The molecule has 0 fully saturated rings. The number of carbonyl (C=O) groups excluding carboxylic acids is 2. The summed E-state index contributed by atoms with van der Waals surface area (Å²) in [5, 5.41) is 0. The van der Waals surface area contributed by atoms with Crippen LogP contribution in [0.4, 0.5) is 0 Å². The number of hydrogen-bond donors (Lipinski definition) is 0. The highest BCUT2D eigenvalue weighted by Crippen LogP contribution is 2.35. The lowest BCUT2D eigenvalue weighted by Gasteiger charge is -2.03. The molecule has 0 radical (unpaired) electrons. The fourth-order valence-corrected chi connectivity index (χ4v) is 2.09. The van der Waals surface area contributed by atoms with Gasteiger partial charge in [0, 0.05) is 18.6 Å². The molecule has 112 valence electrons. The number of aryl methyl sites for hydroxylation is 1. The van der Waals surface area contributed by atoms with Crippen LogP contribution < -0.4 is 9.47 Å². The summed E-state index contributed by atoms with van der Waals surface area (Å²) in [6.07, 6.45) is 1.83. The van der Waals surface area contributed by atoms with Crippen LogP contribution in [0.15, 0.2) is 40.5 Å². The number of ketones is 1. The minimum atomic E-state index is -0.342. The SMILES string of the molecule is CCC(=O)Oc1ccc2c(c1)O/C(=C\c1ccc(C)o1)C2=O. The number of benzene rings is 1. The molecule has 5 nitrogen and oxygen atoms in total. The van der Waals surface area contributed by atoms with Gasteiger partial charge < -0.3 is 13.9 Å². The molecular weight excluding hydrogens is 284 g/mol. The van der Waals surface area contributed by atoms with Crippen molar-refractivity contribution in [2.24, 2.45) is 0 Å². The quantitative estimate of drug-likeness (QED) is 0.493. The molecule has 0 amide bonds. The zero-order valence-electron chi connectivity index (χ0n) is 12.2. The normalized spacial score (nSPS) is 14.8. The Bertz CT molecular complexity index is 782. The van der Waals surface area contributed by atoms with Crippen LogP contribution in [0.3, 0.4) is 0 Å². The molecule has 0 N–H and O–H groups in total. The van der Waals surface area contributed by atoms with E-state index in [9.17, 15) is 9.59 Å². The van der Waals surface area contributed by atoms with Gasteiger partial charge in [-0.1, -0.05) is 6.92 Å². The second-order valence-electron chi connectivity index (χ2n) is 4.87. The lowest BCUT2D eigenvalue weighted by atomic mass is 10.1. The predicted octanol–water partition coefficient (Wildman–Crippen LogP) is 3.52. The minimum absolute atomic E-state index is 0.184. The van der Waals surface area contributed by atoms with Crippen molar-refractivity contribution in [2.75, 3.05) is 0 Å². The monoisotopic (exact) mass is 298 g/mol. The van der Waals surface area contributed by atoms with Crippen molar-refractivity contribution in [3.63, 3.8) is 0 Å². The Morgan fingerprint density at radius 1 is 1.27 bits per heavy atom. The Morgan fingerprint density at radius 3 is 2.77 bits per heavy atom. The molecule has 0 saturated heterocycles. The van der Waals surface area contributed by atoms with Crippen LogP contribution >= 0.6 is 0 Å². The summed E-state index contributed by atoms with van der Waals surface area (Å²) in [5.41, 5.74) is 0.436. The highest BCUT2D eigenvalue weighted by molar-refractivity contribution is 6.14. The van der Waals surface area contributed by atoms with Crippen molar-refractivity contribution >= 4 is 17.8 Å². The van der Waals surface area contributed by atoms with Crippen LogP contribution in [0, 0.1) is 6.92 Å². The van der Waals surface area contributed by atoms with Gasteiger partial charge in [0.1, 0.15) is 23.0 Å². The Hall–Kier alpha value is -2.82. The second kappa shape index (κ2) is 5.52. The Labute approximate surface area is 127 Å². The van der Waals surface area contributed by atoms with E-state index in [1.54, 1.807) is 37.3 Å². The average molecular weight is 298 g/mol. The Balaban J connectivity index is 1.87. The molecule has 3 rings (SSSR count). The van der Waals surface area contributed by atoms with E-state index in [1.165, 1.54) is 6.07 Å². The maximum absolute atomic E-state index is 12.3. The third-order valence-electron chi connectivity index (χ3n) is 3.20. The van der Waals surface area contributed by atoms with Crippen LogP contribution in [0.5, 0.6) is 11.5 Å². The summed E-state index contributed by atoms with van der Waals surface area (Å²) >= 11 is 0. The van der Waals surface area contributed by atoms with Gasteiger partial charge in [-0.2, -0.15) is 0 Å². The fourth-order valence-electron chi connectivity index (χ4n) is 2.09. The fraction of sp³-hybridized carbons (Fsp3) is 0.176. The third kappa shape index (κ3) is 2.65. The standard InChI is InChI=1S/C17H14O5/c1-3-16(18)21-12-6-7-13-14(8-12)22-15(17(13)19)9-11-5-4-10(2)20-11/h4-9H,3H2,1-2H3/b15-9-. The Morgan fingerprint density at radius 2 is 2.09 bits per heavy atom. The van der Waals surface area contributed by atoms with Crippen molar-refractivity contribution in [2.45, 2.75) is 20.3 Å². The first-order valence-electron chi connectivity index (χ1n) is 6.92. The number of furan rings is 1. The van der Waals surface area contributed by atoms with Gasteiger partial charge in [0.15, 0.2) is 5.76 Å². The molecule has 0 spiro atoms. The van der Waals surface area contributed by atoms with Crippen molar-refractivity contribution < 1.29 is 23.5 Å². The van der Waals surface area contributed by atoms with Gasteiger partial charge in [0.2, 0.25) is 5.78 Å². The number of allylic oxidation sites excluding steroid dienone is 1. The Kier molecular flexibility index (Phi) is 3.55. The molecule has 0 unspecified atom stereocenters. The number of esters is 1. The summed E-state index contributed by atoms with van der Waals surface area (Å²) in [6, 6.07) is 8.27. The summed E-state index contributed by atoms with van der Waals surface area (Å²) in [6.45, 7) is 3.53. The average Bonchev–Trinajstić information content (AvgIpc) is 3.03. The van der Waals surface area contributed by atoms with Crippen molar-refractivity contribution in [3.05, 3.63) is 53.2 Å². The predicted molar refractivity (Wildman–Crippen MR) is 78.7 cm³/mol. The lowest BCUT2D eigenvalue weighted by molar-refractivity contribution is -0.134. The van der Waals surface area contributed by atoms with Gasteiger partial charge in [0.05, 0.1) is 5.56 Å². The van der Waals surface area contributed by atoms with Gasteiger partial charge >= 0.3 is 5.97 Å². The number of Topliss-reactive ketones (excluding diaryl/α,β-unsaturated/α-hetero) is 1. The van der Waals surface area contributed by atoms with Crippen molar-refractivity contribution in [1.29, 1.82) is 0 Å². The van der Waals surface area contributed by atoms with Crippen molar-refractivity contribution in [3.8, 4) is 11.5 Å². The molecule has 1 aromatic carbocycles. The summed E-state index contributed by atoms with van der Waals surface area (Å²) < 4.78 is 16.1. The molecule has 5 heteroatoms. The highest BCUT2D eigenvalue weighted by Gasteiger charge is 2.28. The lowest BCUT2D eigenvalue weighted by Crippen LogP contribution is -2.05. The van der Waals surface area contributed by atoms with E-state index in [4.69, 9.17) is 13.9 Å². The molecule has 2 aromatic rings. The zero-order valence-corrected chi connectivity index (χ0v) is 12.2. The molecule has 2 heterocycles. The third-order valence-corrected chi connectivity index (χ3v) is 3.20. The van der Waals surface area contributed by atoms with Crippen LogP contribution in [0.25, 0.3) is 6.08 Å². The second-order valence-corrected chi connectivity index (χ2v) is 4.87. The van der Waals surface area contributed by atoms with E-state index in [2.05, 4.69) is 0 Å². The van der Waals surface area contributed by atoms with E-state index in [-0.39, 0.29) is 23.9 Å². The molecule has 1 aliphatic heterocycles. The van der Waals surface area contributed by atoms with Crippen LogP contribution in [-0.4, -0.2) is 11.8 Å². The van der Waals surface area contributed by atoms with E-state index < -0.39 is 0 Å². The van der Waals surface area contributed by atoms with Gasteiger partial charge in [-0.05, 0) is 31.2 Å². The maximum Gasteiger partial charge on any atom is 0.310 e. The first-order chi connectivity index (χ1) is 10.6. The molecular formula is C17H14O5. The van der Waals surface area contributed by atoms with Gasteiger partial charge in [-0.3, -0.25) is 9.59 Å². The van der Waals surface area contributed by atoms with Crippen LogP contribution in [0.1, 0.15) is 35.2 Å². The van der Waals surface area contributed by atoms with E-state index >= 15 is 0 Å². The minimum Gasteiger partial charge on any atom is -0.462 e. The highest BCUT2D eigenvalue weighted by atomic mass is 16.5. The first-order valence-corrected chi connectivity index (χ1v) is 6.92. The topological polar surface area (TPSA) is 65.7 Å². The number of ether oxygens (including phenoxy) is 2. The summed E-state index contributed by atoms with van der Waals surface area (Å²) in [5.74, 6) is 1.65. The maximum atomic E-state index is 12.3. The first kappa shape index (κ1) is 14.1. The van der Waals surface area contributed by atoms with Gasteiger partial charge in [-0.15, -0.1) is 0 Å². The molecule has 0 saturated carbocycles. The van der Waals surface area contributed by atoms with E-state index in [0.717, 1.165) is 5.76 Å². The molecule has 0 atom stereocenters. The molecule has 22 heavy (non-hydrogen) atoms. The molecule has 0 aliphatic carbocycles. The summed E-state index contributed by atoms with van der Waals surface area (Å²) in [7, 11) is 0. The number of hydrogen-bond acceptors (Lipinski definition) is 5. The van der Waals surface area contributed by atoms with Crippen LogP contribution in [0.2, 0.25) is 0 Å². The number of carbonyl (C=O) groups is 2. The number of rotatable bonds is 3. The van der Waals surface area contributed by atoms with Gasteiger partial charge in [0.25, 0.3) is 0 Å². The largest absolute Gasteiger partial charge is 0.462 e. The zero-order chi connectivity index (χ0) is 15.7. The number of fused-ring (bicyclic) bond motifs is 1. The van der Waals surface area contributed by atoms with Gasteiger partial charge in [-0.25, -0.2) is 0 Å². The summed E-state index contributed by atoms with van der Waals surface area (Å²) in [4.78, 5) is 23.6. The van der Waals surface area contributed by atoms with Crippen molar-refractivity contribution in [1.82, 2.24) is 0 Å². The molecule has 1 aliphatic rings. The van der Waals surface area contributed by atoms with Crippen LogP contribution in [-0.2, 0) is 4.79 Å². The molecule has 1 aromatic heterocycles. The van der Waals surface area contributed by atoms with E-state index in [1.807, 2.05) is 6.92 Å². The van der Waals surface area contributed by atoms with E-state index in [0.29, 0.717) is 22.8 Å². The molecule has 0 bridgehead atoms.